The molecule has 1 fully saturated rings. The third-order valence-corrected chi connectivity index (χ3v) is 7.57. The van der Waals surface area contributed by atoms with Crippen molar-refractivity contribution < 1.29 is 23.2 Å². The third kappa shape index (κ3) is 4.74. The standard InChI is InChI=1S/C22H30N2O4S/c1-16(2)21-14-18(22(25)13-17(21)3)15-23-9-11-24(12-10-23)29(26,27)20-7-5-19(28-4)6-8-20/h5-8,13-14,16,25H,9-12,15H2,1-4H3/p+1. The van der Waals surface area contributed by atoms with Crippen molar-refractivity contribution in [3.63, 3.8) is 0 Å². The molecule has 0 amide bonds. The third-order valence-electron chi connectivity index (χ3n) is 5.66. The molecule has 0 saturated carbocycles. The first kappa shape index (κ1) is 21.6. The predicted molar refractivity (Wildman–Crippen MR) is 113 cm³/mol. The average Bonchev–Trinajstić information content (AvgIpc) is 2.70. The van der Waals surface area contributed by atoms with Crippen LogP contribution < -0.4 is 9.64 Å². The Bertz CT molecular complexity index is 948. The molecule has 0 bridgehead atoms. The van der Waals surface area contributed by atoms with Crippen molar-refractivity contribution in [3.05, 3.63) is 53.1 Å². The summed E-state index contributed by atoms with van der Waals surface area (Å²) in [6.45, 7) is 9.37. The molecule has 0 atom stereocenters. The molecule has 3 rings (SSSR count). The lowest BCUT2D eigenvalue weighted by atomic mass is 9.95. The first-order valence-corrected chi connectivity index (χ1v) is 11.5. The number of nitrogens with zero attached hydrogens (tertiary/aromatic N) is 1. The molecule has 2 N–H and O–H groups in total. The largest absolute Gasteiger partial charge is 0.507 e. The van der Waals surface area contributed by atoms with Crippen LogP contribution in [0.1, 0.15) is 36.5 Å². The molecule has 0 spiro atoms. The Morgan fingerprint density at radius 2 is 1.76 bits per heavy atom. The second kappa shape index (κ2) is 8.73. The number of methoxy groups -OCH3 is 1. The van der Waals surface area contributed by atoms with Crippen molar-refractivity contribution in [1.82, 2.24) is 4.31 Å². The van der Waals surface area contributed by atoms with Crippen molar-refractivity contribution in [3.8, 4) is 11.5 Å². The van der Waals surface area contributed by atoms with Crippen LogP contribution in [-0.4, -0.2) is 51.1 Å². The molecule has 158 valence electrons. The van der Waals surface area contributed by atoms with Crippen LogP contribution in [0, 0.1) is 6.92 Å². The molecule has 2 aromatic carbocycles. The van der Waals surface area contributed by atoms with E-state index in [9.17, 15) is 13.5 Å². The summed E-state index contributed by atoms with van der Waals surface area (Å²) in [7, 11) is -1.94. The average molecular weight is 420 g/mol. The molecule has 29 heavy (non-hydrogen) atoms. The van der Waals surface area contributed by atoms with Crippen LogP contribution >= 0.6 is 0 Å². The van der Waals surface area contributed by atoms with Gasteiger partial charge in [0.1, 0.15) is 18.0 Å². The molecule has 0 unspecified atom stereocenters. The molecule has 1 aliphatic rings. The lowest BCUT2D eigenvalue weighted by Gasteiger charge is -2.31. The van der Waals surface area contributed by atoms with Crippen molar-refractivity contribution in [1.29, 1.82) is 0 Å². The Morgan fingerprint density at radius 1 is 1.14 bits per heavy atom. The van der Waals surface area contributed by atoms with Gasteiger partial charge in [0.15, 0.2) is 0 Å². The van der Waals surface area contributed by atoms with E-state index in [0.29, 0.717) is 55.0 Å². The SMILES string of the molecule is COc1ccc(S(=O)(=O)N2CC[NH+](Cc3cc(C(C)C)c(C)cc3O)CC2)cc1. The minimum Gasteiger partial charge on any atom is -0.507 e. The first-order chi connectivity index (χ1) is 13.7. The van der Waals surface area contributed by atoms with Crippen LogP contribution in [0.3, 0.4) is 0 Å². The maximum atomic E-state index is 12.9. The maximum Gasteiger partial charge on any atom is 0.243 e. The van der Waals surface area contributed by atoms with Crippen molar-refractivity contribution >= 4 is 10.0 Å². The fourth-order valence-electron chi connectivity index (χ4n) is 3.91. The number of nitrogens with one attached hydrogen (secondary N) is 1. The number of benzene rings is 2. The molecule has 1 heterocycles. The first-order valence-electron chi connectivity index (χ1n) is 10.0. The molecule has 0 aliphatic carbocycles. The van der Waals surface area contributed by atoms with Crippen molar-refractivity contribution in [2.45, 2.75) is 38.1 Å². The quantitative estimate of drug-likeness (QED) is 0.751. The van der Waals surface area contributed by atoms with E-state index in [1.807, 2.05) is 13.0 Å². The number of sulfonamides is 1. The van der Waals surface area contributed by atoms with Crippen molar-refractivity contribution in [2.24, 2.45) is 0 Å². The number of hydrogen-bond acceptors (Lipinski definition) is 4. The van der Waals surface area contributed by atoms with Gasteiger partial charge in [-0.05, 0) is 60.4 Å². The second-order valence-electron chi connectivity index (χ2n) is 8.00. The van der Waals surface area contributed by atoms with Gasteiger partial charge >= 0.3 is 0 Å². The zero-order valence-corrected chi connectivity index (χ0v) is 18.4. The highest BCUT2D eigenvalue weighted by molar-refractivity contribution is 7.89. The highest BCUT2D eigenvalue weighted by atomic mass is 32.2. The fraction of sp³-hybridized carbons (Fsp3) is 0.455. The highest BCUT2D eigenvalue weighted by Gasteiger charge is 2.30. The lowest BCUT2D eigenvalue weighted by Crippen LogP contribution is -3.13. The summed E-state index contributed by atoms with van der Waals surface area (Å²) in [4.78, 5) is 1.57. The highest BCUT2D eigenvalue weighted by Crippen LogP contribution is 2.27. The molecule has 7 heteroatoms. The number of phenols is 1. The van der Waals surface area contributed by atoms with Crippen LogP contribution in [0.5, 0.6) is 11.5 Å². The topological polar surface area (TPSA) is 71.3 Å². The van der Waals surface area contributed by atoms with E-state index in [2.05, 4.69) is 19.9 Å². The summed E-state index contributed by atoms with van der Waals surface area (Å²) >= 11 is 0. The zero-order chi connectivity index (χ0) is 21.2. The Balaban J connectivity index is 1.67. The summed E-state index contributed by atoms with van der Waals surface area (Å²) in [6, 6.07) is 10.5. The number of hydrogen-bond donors (Lipinski definition) is 2. The number of phenolic OH excluding ortho intramolecular Hbond substituents is 1. The number of rotatable bonds is 6. The van der Waals surface area contributed by atoms with Crippen LogP contribution in [0.15, 0.2) is 41.3 Å². The minimum atomic E-state index is -3.50. The lowest BCUT2D eigenvalue weighted by molar-refractivity contribution is -0.917. The van der Waals surface area contributed by atoms with E-state index in [-0.39, 0.29) is 0 Å². The van der Waals surface area contributed by atoms with Gasteiger partial charge in [0.05, 0.1) is 38.2 Å². The summed E-state index contributed by atoms with van der Waals surface area (Å²) in [5.41, 5.74) is 3.28. The summed E-state index contributed by atoms with van der Waals surface area (Å²) < 4.78 is 32.5. The van der Waals surface area contributed by atoms with Crippen LogP contribution in [0.25, 0.3) is 0 Å². The normalized spacial score (nSPS) is 16.3. The zero-order valence-electron chi connectivity index (χ0n) is 17.6. The summed E-state index contributed by atoms with van der Waals surface area (Å²) in [5, 5.41) is 10.4. The van der Waals surface area contributed by atoms with Gasteiger partial charge in [-0.25, -0.2) is 8.42 Å². The van der Waals surface area contributed by atoms with E-state index in [0.717, 1.165) is 11.1 Å². The number of aromatic hydroxyl groups is 1. The van der Waals surface area contributed by atoms with Crippen LogP contribution in [0.4, 0.5) is 0 Å². The van der Waals surface area contributed by atoms with E-state index in [1.54, 1.807) is 35.7 Å². The van der Waals surface area contributed by atoms with Gasteiger partial charge < -0.3 is 14.7 Å². The molecule has 1 aliphatic heterocycles. The van der Waals surface area contributed by atoms with Crippen molar-refractivity contribution in [2.75, 3.05) is 33.3 Å². The molecule has 6 nitrogen and oxygen atoms in total. The number of ether oxygens (including phenoxy) is 1. The number of aryl methyl sites for hydroxylation is 1. The Hall–Kier alpha value is -2.09. The van der Waals surface area contributed by atoms with E-state index >= 15 is 0 Å². The van der Waals surface area contributed by atoms with Gasteiger partial charge in [0.25, 0.3) is 0 Å². The second-order valence-corrected chi connectivity index (χ2v) is 9.94. The predicted octanol–water partition coefficient (Wildman–Crippen LogP) is 1.92. The minimum absolute atomic E-state index is 0.291. The van der Waals surface area contributed by atoms with Gasteiger partial charge in [-0.3, -0.25) is 0 Å². The number of piperazine rings is 1. The Labute approximate surface area is 173 Å². The van der Waals surface area contributed by atoms with E-state index in [1.165, 1.54) is 10.5 Å². The molecule has 0 aromatic heterocycles. The monoisotopic (exact) mass is 419 g/mol. The molecule has 2 aromatic rings. The Morgan fingerprint density at radius 3 is 2.31 bits per heavy atom. The van der Waals surface area contributed by atoms with Gasteiger partial charge in [0.2, 0.25) is 10.0 Å². The summed E-state index contributed by atoms with van der Waals surface area (Å²) in [5.74, 6) is 1.36. The molecule has 1 saturated heterocycles. The summed E-state index contributed by atoms with van der Waals surface area (Å²) in [6.07, 6.45) is 0. The molecular formula is C22H31N2O4S+. The maximum absolute atomic E-state index is 12.9. The van der Waals surface area contributed by atoms with Gasteiger partial charge in [-0.2, -0.15) is 4.31 Å². The van der Waals surface area contributed by atoms with Crippen LogP contribution in [0.2, 0.25) is 0 Å². The van der Waals surface area contributed by atoms with E-state index in [4.69, 9.17) is 4.74 Å². The fourth-order valence-corrected chi connectivity index (χ4v) is 5.35. The smallest absolute Gasteiger partial charge is 0.243 e. The van der Waals surface area contributed by atoms with Gasteiger partial charge in [-0.1, -0.05) is 13.8 Å². The Kier molecular flexibility index (Phi) is 6.51. The van der Waals surface area contributed by atoms with E-state index < -0.39 is 10.0 Å². The van der Waals surface area contributed by atoms with Gasteiger partial charge in [0, 0.05) is 5.56 Å². The molecule has 0 radical (unpaired) electrons. The van der Waals surface area contributed by atoms with Crippen LogP contribution in [-0.2, 0) is 16.6 Å². The van der Waals surface area contributed by atoms with Gasteiger partial charge in [-0.15, -0.1) is 0 Å². The molecular weight excluding hydrogens is 388 g/mol. The number of quaternary nitrogens is 1.